The van der Waals surface area contributed by atoms with Crippen LogP contribution in [-0.4, -0.2) is 50.2 Å². The summed E-state index contributed by atoms with van der Waals surface area (Å²) in [6, 6.07) is 4.34. The van der Waals surface area contributed by atoms with Gasteiger partial charge in [0, 0.05) is 37.7 Å². The van der Waals surface area contributed by atoms with E-state index in [9.17, 15) is 4.79 Å². The Balaban J connectivity index is 1.66. The van der Waals surface area contributed by atoms with E-state index in [1.165, 1.54) is 0 Å². The number of rotatable bonds is 6. The van der Waals surface area contributed by atoms with Crippen molar-refractivity contribution in [2.45, 2.75) is 25.3 Å². The van der Waals surface area contributed by atoms with Crippen molar-refractivity contribution >= 4 is 17.2 Å². The smallest absolute Gasteiger partial charge is 0.225 e. The molecule has 4 nitrogen and oxygen atoms in total. The van der Waals surface area contributed by atoms with Gasteiger partial charge in [-0.1, -0.05) is 6.07 Å². The Hall–Kier alpha value is -0.910. The second kappa shape index (κ2) is 7.62. The highest BCUT2D eigenvalue weighted by Crippen LogP contribution is 2.12. The van der Waals surface area contributed by atoms with E-state index in [-0.39, 0.29) is 5.91 Å². The van der Waals surface area contributed by atoms with Gasteiger partial charge in [-0.15, -0.1) is 11.3 Å². The molecule has 0 unspecified atom stereocenters. The Morgan fingerprint density at radius 1 is 1.53 bits per heavy atom. The first-order valence-electron chi connectivity index (χ1n) is 6.81. The molecule has 0 aliphatic carbocycles. The molecule has 1 saturated heterocycles. The number of piperidine rings is 1. The monoisotopic (exact) mass is 282 g/mol. The summed E-state index contributed by atoms with van der Waals surface area (Å²) in [5, 5.41) is 5.15. The fourth-order valence-corrected chi connectivity index (χ4v) is 3.07. The second-order valence-electron chi connectivity index (χ2n) is 4.93. The van der Waals surface area contributed by atoms with E-state index < -0.39 is 0 Å². The van der Waals surface area contributed by atoms with Gasteiger partial charge in [0.15, 0.2) is 0 Å². The van der Waals surface area contributed by atoms with Crippen LogP contribution >= 0.6 is 11.3 Å². The molecule has 1 aliphatic heterocycles. The van der Waals surface area contributed by atoms with Crippen LogP contribution < -0.4 is 5.32 Å². The maximum absolute atomic E-state index is 11.9. The number of carbonyl (C=O) groups excluding carboxylic acids is 1. The van der Waals surface area contributed by atoms with Crippen molar-refractivity contribution in [2.24, 2.45) is 0 Å². The number of likely N-dealkylation sites (tertiary alicyclic amines) is 1. The Morgan fingerprint density at radius 2 is 2.32 bits per heavy atom. The molecule has 1 fully saturated rings. The third-order valence-electron chi connectivity index (χ3n) is 3.48. The highest BCUT2D eigenvalue weighted by Gasteiger charge is 2.20. The van der Waals surface area contributed by atoms with Crippen LogP contribution in [0.15, 0.2) is 17.5 Å². The minimum Gasteiger partial charge on any atom is -0.383 e. The Labute approximate surface area is 118 Å². The molecule has 0 spiro atoms. The van der Waals surface area contributed by atoms with E-state index in [0.717, 1.165) is 44.0 Å². The minimum absolute atomic E-state index is 0.151. The largest absolute Gasteiger partial charge is 0.383 e. The summed E-state index contributed by atoms with van der Waals surface area (Å²) >= 11 is 1.64. The minimum atomic E-state index is 0.151. The lowest BCUT2D eigenvalue weighted by atomic mass is 10.0. The average Bonchev–Trinajstić information content (AvgIpc) is 2.90. The van der Waals surface area contributed by atoms with Gasteiger partial charge in [-0.05, 0) is 24.3 Å². The molecule has 1 aromatic rings. The Kier molecular flexibility index (Phi) is 5.82. The van der Waals surface area contributed by atoms with Crippen LogP contribution in [0.1, 0.15) is 17.7 Å². The molecule has 19 heavy (non-hydrogen) atoms. The number of hydrogen-bond donors (Lipinski definition) is 1. The van der Waals surface area contributed by atoms with Gasteiger partial charge in [-0.2, -0.15) is 0 Å². The van der Waals surface area contributed by atoms with Crippen molar-refractivity contribution in [1.29, 1.82) is 0 Å². The number of ether oxygens (including phenoxy) is 1. The fraction of sp³-hybridized carbons (Fsp3) is 0.643. The lowest BCUT2D eigenvalue weighted by Gasteiger charge is -2.32. The van der Waals surface area contributed by atoms with Crippen LogP contribution in [0, 0.1) is 0 Å². The lowest BCUT2D eigenvalue weighted by molar-refractivity contribution is -0.121. The van der Waals surface area contributed by atoms with Gasteiger partial charge < -0.3 is 15.0 Å². The summed E-state index contributed by atoms with van der Waals surface area (Å²) in [5.74, 6) is 0.151. The zero-order valence-electron chi connectivity index (χ0n) is 11.4. The molecule has 0 aromatic carbocycles. The quantitative estimate of drug-likeness (QED) is 0.860. The molecule has 1 amide bonds. The van der Waals surface area contributed by atoms with Crippen LogP contribution in [0.2, 0.25) is 0 Å². The number of carbonyl (C=O) groups is 1. The molecule has 1 aliphatic rings. The zero-order chi connectivity index (χ0) is 13.5. The molecule has 0 radical (unpaired) electrons. The summed E-state index contributed by atoms with van der Waals surface area (Å²) in [5.41, 5.74) is 0. The first-order chi connectivity index (χ1) is 9.28. The third kappa shape index (κ3) is 4.93. The summed E-state index contributed by atoms with van der Waals surface area (Å²) < 4.78 is 5.08. The second-order valence-corrected chi connectivity index (χ2v) is 5.96. The zero-order valence-corrected chi connectivity index (χ0v) is 12.2. The van der Waals surface area contributed by atoms with Gasteiger partial charge in [-0.25, -0.2) is 0 Å². The summed E-state index contributed by atoms with van der Waals surface area (Å²) in [6.07, 6.45) is 2.60. The molecule has 1 N–H and O–H groups in total. The van der Waals surface area contributed by atoms with E-state index in [0.29, 0.717) is 12.5 Å². The molecule has 5 heteroatoms. The van der Waals surface area contributed by atoms with E-state index in [4.69, 9.17) is 4.74 Å². The molecular formula is C14H22N2O2S. The topological polar surface area (TPSA) is 41.6 Å². The highest BCUT2D eigenvalue weighted by molar-refractivity contribution is 7.10. The first-order valence-corrected chi connectivity index (χ1v) is 7.69. The van der Waals surface area contributed by atoms with Crippen molar-refractivity contribution in [1.82, 2.24) is 10.2 Å². The molecule has 106 valence electrons. The third-order valence-corrected chi connectivity index (χ3v) is 4.36. The summed E-state index contributed by atoms with van der Waals surface area (Å²) in [6.45, 7) is 3.88. The molecule has 0 bridgehead atoms. The molecule has 1 aromatic heterocycles. The molecule has 2 heterocycles. The molecule has 0 atom stereocenters. The lowest BCUT2D eigenvalue weighted by Crippen LogP contribution is -2.45. The van der Waals surface area contributed by atoms with Crippen molar-refractivity contribution in [3.8, 4) is 0 Å². The SMILES string of the molecule is COCCN1CCC(NC(=O)Cc2cccs2)CC1. The van der Waals surface area contributed by atoms with Crippen LogP contribution in [0.5, 0.6) is 0 Å². The number of thiophene rings is 1. The van der Waals surface area contributed by atoms with E-state index >= 15 is 0 Å². The number of hydrogen-bond acceptors (Lipinski definition) is 4. The van der Waals surface area contributed by atoms with Crippen molar-refractivity contribution in [2.75, 3.05) is 33.4 Å². The van der Waals surface area contributed by atoms with Gasteiger partial charge in [0.2, 0.25) is 5.91 Å². The Morgan fingerprint density at radius 3 is 2.95 bits per heavy atom. The standard InChI is InChI=1S/C14H22N2O2S/c1-18-9-8-16-6-4-12(5-7-16)15-14(17)11-13-3-2-10-19-13/h2-3,10,12H,4-9,11H2,1H3,(H,15,17). The summed E-state index contributed by atoms with van der Waals surface area (Å²) in [7, 11) is 1.73. The number of nitrogens with zero attached hydrogens (tertiary/aromatic N) is 1. The van der Waals surface area contributed by atoms with Crippen molar-refractivity contribution in [3.05, 3.63) is 22.4 Å². The highest BCUT2D eigenvalue weighted by atomic mass is 32.1. The summed E-state index contributed by atoms with van der Waals surface area (Å²) in [4.78, 5) is 15.4. The molecule has 2 rings (SSSR count). The van der Waals surface area contributed by atoms with Crippen molar-refractivity contribution in [3.63, 3.8) is 0 Å². The van der Waals surface area contributed by atoms with Gasteiger partial charge in [0.1, 0.15) is 0 Å². The number of nitrogens with one attached hydrogen (secondary N) is 1. The van der Waals surface area contributed by atoms with E-state index in [1.807, 2.05) is 17.5 Å². The van der Waals surface area contributed by atoms with E-state index in [2.05, 4.69) is 10.2 Å². The predicted octanol–water partition coefficient (Wildman–Crippen LogP) is 1.52. The number of amides is 1. The first kappa shape index (κ1) is 14.5. The van der Waals surface area contributed by atoms with E-state index in [1.54, 1.807) is 18.4 Å². The van der Waals surface area contributed by atoms with Gasteiger partial charge in [-0.3, -0.25) is 4.79 Å². The van der Waals surface area contributed by atoms with Crippen LogP contribution in [0.3, 0.4) is 0 Å². The van der Waals surface area contributed by atoms with Gasteiger partial charge >= 0.3 is 0 Å². The van der Waals surface area contributed by atoms with Crippen LogP contribution in [0.25, 0.3) is 0 Å². The number of methoxy groups -OCH3 is 1. The Bertz CT molecular complexity index is 373. The predicted molar refractivity (Wildman–Crippen MR) is 77.5 cm³/mol. The fourth-order valence-electron chi connectivity index (χ4n) is 2.37. The van der Waals surface area contributed by atoms with Crippen molar-refractivity contribution < 1.29 is 9.53 Å². The van der Waals surface area contributed by atoms with Gasteiger partial charge in [0.25, 0.3) is 0 Å². The van der Waals surface area contributed by atoms with Gasteiger partial charge in [0.05, 0.1) is 13.0 Å². The van der Waals surface area contributed by atoms with Crippen LogP contribution in [-0.2, 0) is 16.0 Å². The average molecular weight is 282 g/mol. The molecular weight excluding hydrogens is 260 g/mol. The maximum Gasteiger partial charge on any atom is 0.225 e. The van der Waals surface area contributed by atoms with Crippen LogP contribution in [0.4, 0.5) is 0 Å². The molecule has 0 saturated carbocycles. The normalized spacial score (nSPS) is 17.5. The maximum atomic E-state index is 11.9.